The van der Waals surface area contributed by atoms with Gasteiger partial charge in [-0.05, 0) is 36.4 Å². The predicted molar refractivity (Wildman–Crippen MR) is 92.3 cm³/mol. The number of hydrogen-bond donors (Lipinski definition) is 0. The van der Waals surface area contributed by atoms with Gasteiger partial charge >= 0.3 is 5.97 Å². The van der Waals surface area contributed by atoms with E-state index in [0.717, 1.165) is 0 Å². The zero-order chi connectivity index (χ0) is 18.1. The van der Waals surface area contributed by atoms with Crippen molar-refractivity contribution < 1.29 is 19.1 Å². The van der Waals surface area contributed by atoms with Crippen LogP contribution in [0.2, 0.25) is 0 Å². The van der Waals surface area contributed by atoms with Gasteiger partial charge in [0, 0.05) is 12.2 Å². The van der Waals surface area contributed by atoms with E-state index in [0.29, 0.717) is 17.0 Å². The predicted octanol–water partition coefficient (Wildman–Crippen LogP) is 2.80. The van der Waals surface area contributed by atoms with Gasteiger partial charge in [0.05, 0.1) is 25.2 Å². The molecule has 2 aromatic rings. The molecule has 0 heterocycles. The van der Waals surface area contributed by atoms with Gasteiger partial charge in [0.15, 0.2) is 6.61 Å². The van der Waals surface area contributed by atoms with E-state index in [1.807, 2.05) is 12.1 Å². The summed E-state index contributed by atoms with van der Waals surface area (Å²) >= 11 is 0. The molecule has 0 spiro atoms. The van der Waals surface area contributed by atoms with E-state index in [4.69, 9.17) is 14.7 Å². The topological polar surface area (TPSA) is 79.6 Å². The van der Waals surface area contributed by atoms with Crippen LogP contribution in [0.4, 0.5) is 5.69 Å². The smallest absolute Gasteiger partial charge is 0.338 e. The van der Waals surface area contributed by atoms with Crippen molar-refractivity contribution in [3.05, 3.63) is 60.2 Å². The molecule has 0 N–H and O–H groups in total. The fraction of sp³-hybridized carbons (Fsp3) is 0.211. The van der Waals surface area contributed by atoms with Gasteiger partial charge in [0.2, 0.25) is 0 Å². The normalized spacial score (nSPS) is 9.76. The number of esters is 1. The van der Waals surface area contributed by atoms with Crippen molar-refractivity contribution >= 4 is 17.6 Å². The second kappa shape index (κ2) is 9.08. The van der Waals surface area contributed by atoms with E-state index < -0.39 is 12.6 Å². The molecule has 0 unspecified atom stereocenters. The number of rotatable bonds is 7. The molecule has 6 heteroatoms. The molecule has 0 atom stereocenters. The molecular formula is C19H18N2O4. The Morgan fingerprint density at radius 2 is 1.76 bits per heavy atom. The zero-order valence-electron chi connectivity index (χ0n) is 13.8. The molecule has 6 nitrogen and oxygen atoms in total. The Hall–Kier alpha value is -3.33. The summed E-state index contributed by atoms with van der Waals surface area (Å²) in [4.78, 5) is 25.9. The first-order chi connectivity index (χ1) is 12.2. The molecule has 1 amide bonds. The highest BCUT2D eigenvalue weighted by molar-refractivity contribution is 5.97. The maximum Gasteiger partial charge on any atom is 0.338 e. The molecule has 0 aliphatic rings. The number of carbonyl (C=O) groups excluding carboxylic acids is 2. The van der Waals surface area contributed by atoms with Crippen molar-refractivity contribution in [1.29, 1.82) is 5.26 Å². The first-order valence-corrected chi connectivity index (χ1v) is 7.69. The van der Waals surface area contributed by atoms with Crippen LogP contribution in [-0.4, -0.2) is 32.1 Å². The van der Waals surface area contributed by atoms with Gasteiger partial charge in [0.1, 0.15) is 5.75 Å². The Kier molecular flexibility index (Phi) is 6.55. The molecular weight excluding hydrogens is 320 g/mol. The zero-order valence-corrected chi connectivity index (χ0v) is 13.8. The summed E-state index contributed by atoms with van der Waals surface area (Å²) in [5.74, 6) is -0.355. The van der Waals surface area contributed by atoms with Gasteiger partial charge < -0.3 is 14.4 Å². The lowest BCUT2D eigenvalue weighted by molar-refractivity contribution is -0.121. The lowest BCUT2D eigenvalue weighted by Gasteiger charge is -2.21. The maximum absolute atomic E-state index is 12.4. The first kappa shape index (κ1) is 18.0. The van der Waals surface area contributed by atoms with E-state index in [1.54, 1.807) is 48.5 Å². The number of nitrogens with zero attached hydrogens (tertiary/aromatic N) is 2. The van der Waals surface area contributed by atoms with Crippen molar-refractivity contribution in [2.75, 3.05) is 25.2 Å². The van der Waals surface area contributed by atoms with Crippen LogP contribution in [0.3, 0.4) is 0 Å². The molecule has 0 aromatic heterocycles. The van der Waals surface area contributed by atoms with Crippen molar-refractivity contribution in [2.45, 2.75) is 6.42 Å². The SMILES string of the molecule is COc1ccc(C(=O)OCC(=O)N(CCC#N)c2ccccc2)cc1. The van der Waals surface area contributed by atoms with Gasteiger partial charge in [-0.2, -0.15) is 5.26 Å². The second-order valence-corrected chi connectivity index (χ2v) is 5.09. The molecule has 0 fully saturated rings. The summed E-state index contributed by atoms with van der Waals surface area (Å²) in [6, 6.07) is 17.4. The Labute approximate surface area is 146 Å². The van der Waals surface area contributed by atoms with Crippen LogP contribution < -0.4 is 9.64 Å². The van der Waals surface area contributed by atoms with Crippen LogP contribution in [-0.2, 0) is 9.53 Å². The van der Waals surface area contributed by atoms with E-state index in [1.165, 1.54) is 12.0 Å². The summed E-state index contributed by atoms with van der Waals surface area (Å²) in [5, 5.41) is 8.77. The standard InChI is InChI=1S/C19H18N2O4/c1-24-17-10-8-15(9-11-17)19(23)25-14-18(22)21(13-5-12-20)16-6-3-2-4-7-16/h2-4,6-11H,5,13-14H2,1H3. The van der Waals surface area contributed by atoms with Crippen molar-refractivity contribution in [3.63, 3.8) is 0 Å². The maximum atomic E-state index is 12.4. The Bertz CT molecular complexity index is 751. The number of hydrogen-bond acceptors (Lipinski definition) is 5. The molecule has 25 heavy (non-hydrogen) atoms. The minimum absolute atomic E-state index is 0.188. The van der Waals surface area contributed by atoms with Crippen LogP contribution >= 0.6 is 0 Å². The van der Waals surface area contributed by atoms with Gasteiger partial charge in [-0.3, -0.25) is 4.79 Å². The summed E-state index contributed by atoms with van der Waals surface area (Å²) in [6.45, 7) is -0.162. The highest BCUT2D eigenvalue weighted by Crippen LogP contribution is 2.15. The lowest BCUT2D eigenvalue weighted by Crippen LogP contribution is -2.35. The first-order valence-electron chi connectivity index (χ1n) is 7.69. The van der Waals surface area contributed by atoms with E-state index in [-0.39, 0.29) is 18.9 Å². The van der Waals surface area contributed by atoms with Crippen molar-refractivity contribution in [2.24, 2.45) is 0 Å². The fourth-order valence-corrected chi connectivity index (χ4v) is 2.18. The van der Waals surface area contributed by atoms with E-state index in [2.05, 4.69) is 0 Å². The number of amides is 1. The second-order valence-electron chi connectivity index (χ2n) is 5.09. The summed E-state index contributed by atoms with van der Waals surface area (Å²) in [7, 11) is 1.53. The summed E-state index contributed by atoms with van der Waals surface area (Å²) in [5.41, 5.74) is 0.986. The molecule has 0 bridgehead atoms. The number of benzene rings is 2. The van der Waals surface area contributed by atoms with Gasteiger partial charge in [-0.15, -0.1) is 0 Å². The third-order valence-corrected chi connectivity index (χ3v) is 3.47. The van der Waals surface area contributed by atoms with Gasteiger partial charge in [-0.25, -0.2) is 4.79 Å². The highest BCUT2D eigenvalue weighted by atomic mass is 16.5. The average molecular weight is 338 g/mol. The summed E-state index contributed by atoms with van der Waals surface area (Å²) < 4.78 is 10.1. The van der Waals surface area contributed by atoms with Crippen LogP contribution in [0.15, 0.2) is 54.6 Å². The quantitative estimate of drug-likeness (QED) is 0.725. The Balaban J connectivity index is 2.00. The van der Waals surface area contributed by atoms with E-state index >= 15 is 0 Å². The average Bonchev–Trinajstić information content (AvgIpc) is 2.67. The van der Waals surface area contributed by atoms with Crippen LogP contribution in [0.5, 0.6) is 5.75 Å². The van der Waals surface area contributed by atoms with Crippen molar-refractivity contribution in [3.8, 4) is 11.8 Å². The summed E-state index contributed by atoms with van der Waals surface area (Å²) in [6.07, 6.45) is 0.188. The molecule has 0 saturated heterocycles. The van der Waals surface area contributed by atoms with E-state index in [9.17, 15) is 9.59 Å². The third-order valence-electron chi connectivity index (χ3n) is 3.47. The molecule has 2 rings (SSSR count). The van der Waals surface area contributed by atoms with Crippen LogP contribution in [0.25, 0.3) is 0 Å². The van der Waals surface area contributed by atoms with Crippen LogP contribution in [0.1, 0.15) is 16.8 Å². The lowest BCUT2D eigenvalue weighted by atomic mass is 10.2. The number of methoxy groups -OCH3 is 1. The van der Waals surface area contributed by atoms with Gasteiger partial charge in [-0.1, -0.05) is 18.2 Å². The molecule has 0 aliphatic heterocycles. The largest absolute Gasteiger partial charge is 0.497 e. The van der Waals surface area contributed by atoms with Gasteiger partial charge in [0.25, 0.3) is 5.91 Å². The fourth-order valence-electron chi connectivity index (χ4n) is 2.18. The minimum atomic E-state index is -0.593. The number of anilines is 1. The Morgan fingerprint density at radius 3 is 2.36 bits per heavy atom. The number of nitriles is 1. The van der Waals surface area contributed by atoms with Crippen molar-refractivity contribution in [1.82, 2.24) is 0 Å². The Morgan fingerprint density at radius 1 is 1.08 bits per heavy atom. The minimum Gasteiger partial charge on any atom is -0.497 e. The molecule has 2 aromatic carbocycles. The number of ether oxygens (including phenoxy) is 2. The third kappa shape index (κ3) is 5.08. The molecule has 0 saturated carbocycles. The highest BCUT2D eigenvalue weighted by Gasteiger charge is 2.18. The molecule has 128 valence electrons. The number of para-hydroxylation sites is 1. The number of carbonyl (C=O) groups is 2. The van der Waals surface area contributed by atoms with Crippen LogP contribution in [0, 0.1) is 11.3 Å². The molecule has 0 aliphatic carbocycles. The monoisotopic (exact) mass is 338 g/mol. The molecule has 0 radical (unpaired) electrons.